The molecule has 0 saturated carbocycles. The van der Waals surface area contributed by atoms with Crippen molar-refractivity contribution < 1.29 is 19.4 Å². The van der Waals surface area contributed by atoms with E-state index in [0.717, 1.165) is 21.2 Å². The van der Waals surface area contributed by atoms with Crippen LogP contribution in [0.3, 0.4) is 0 Å². The van der Waals surface area contributed by atoms with Gasteiger partial charge in [-0.2, -0.15) is 0 Å². The predicted molar refractivity (Wildman–Crippen MR) is 120 cm³/mol. The molecule has 0 heterocycles. The van der Waals surface area contributed by atoms with Crippen molar-refractivity contribution in [3.8, 4) is 11.1 Å². The van der Waals surface area contributed by atoms with Gasteiger partial charge in [-0.15, -0.1) is 0 Å². The Bertz CT molecular complexity index is 1040. The van der Waals surface area contributed by atoms with Gasteiger partial charge in [-0.3, -0.25) is 0 Å². The van der Waals surface area contributed by atoms with Crippen LogP contribution in [-0.2, 0) is 16.0 Å². The number of fused-ring (bicyclic) bond motifs is 3. The maximum atomic E-state index is 12.5. The van der Waals surface area contributed by atoms with Crippen LogP contribution < -0.4 is 0 Å². The molecular formula is C24H19AsBrO4. The molecule has 3 aromatic carbocycles. The number of carboxylic acids is 1. The molecule has 4 nitrogen and oxygen atoms in total. The molecule has 151 valence electrons. The molecule has 0 unspecified atom stereocenters. The molecule has 4 rings (SSSR count). The third kappa shape index (κ3) is 4.53. The van der Waals surface area contributed by atoms with Gasteiger partial charge in [-0.25, -0.2) is 0 Å². The summed E-state index contributed by atoms with van der Waals surface area (Å²) in [6.07, 6.45) is 0.326. The van der Waals surface area contributed by atoms with Crippen LogP contribution in [0.1, 0.15) is 22.6 Å². The number of ether oxygens (including phenoxy) is 1. The molecule has 1 aliphatic rings. The molecule has 0 bridgehead atoms. The SMILES string of the molecule is O=C(OCC1c2ccccc2-c2ccccc21)[As][C@@H](Cc1ccc(Br)cc1)C(=O)O. The second-order valence-electron chi connectivity index (χ2n) is 7.12. The van der Waals surface area contributed by atoms with Crippen LogP contribution >= 0.6 is 15.9 Å². The van der Waals surface area contributed by atoms with Crippen molar-refractivity contribution in [1.82, 2.24) is 0 Å². The zero-order valence-corrected chi connectivity index (χ0v) is 19.5. The van der Waals surface area contributed by atoms with Crippen LogP contribution in [0.4, 0.5) is 4.79 Å². The van der Waals surface area contributed by atoms with Crippen molar-refractivity contribution in [3.05, 3.63) is 94.0 Å². The van der Waals surface area contributed by atoms with Crippen molar-refractivity contribution in [3.63, 3.8) is 0 Å². The molecule has 0 aliphatic heterocycles. The van der Waals surface area contributed by atoms with Gasteiger partial charge in [0.05, 0.1) is 0 Å². The molecule has 1 radical (unpaired) electrons. The summed E-state index contributed by atoms with van der Waals surface area (Å²) in [5.74, 6) is -0.969. The van der Waals surface area contributed by atoms with Crippen molar-refractivity contribution in [2.24, 2.45) is 0 Å². The first kappa shape index (κ1) is 20.9. The number of halogens is 1. The number of hydrogen-bond donors (Lipinski definition) is 1. The van der Waals surface area contributed by atoms with Gasteiger partial charge in [0.25, 0.3) is 0 Å². The molecule has 1 atom stereocenters. The number of rotatable bonds is 7. The van der Waals surface area contributed by atoms with E-state index in [-0.39, 0.29) is 12.5 Å². The number of aliphatic carboxylic acids is 1. The minimum absolute atomic E-state index is 0.0164. The third-order valence-corrected chi connectivity index (χ3v) is 7.97. The van der Waals surface area contributed by atoms with Crippen molar-refractivity contribution >= 4 is 42.4 Å². The molecule has 6 heteroatoms. The van der Waals surface area contributed by atoms with Gasteiger partial charge in [0.15, 0.2) is 0 Å². The number of carbonyl (C=O) groups excluding carboxylic acids is 1. The number of carbonyl (C=O) groups is 2. The Hall–Kier alpha value is -2.36. The van der Waals surface area contributed by atoms with Crippen molar-refractivity contribution in [2.75, 3.05) is 6.61 Å². The molecular weight excluding hydrogens is 507 g/mol. The molecule has 0 amide bonds. The zero-order chi connectivity index (χ0) is 21.1. The first-order chi connectivity index (χ1) is 14.5. The first-order valence-electron chi connectivity index (χ1n) is 9.56. The molecule has 0 spiro atoms. The fraction of sp³-hybridized carbons (Fsp3) is 0.167. The summed E-state index contributed by atoms with van der Waals surface area (Å²) < 4.78 is 5.43. The maximum absolute atomic E-state index is 12.5. The molecule has 30 heavy (non-hydrogen) atoms. The van der Waals surface area contributed by atoms with Crippen molar-refractivity contribution in [1.29, 1.82) is 0 Å². The van der Waals surface area contributed by atoms with Crippen LogP contribution in [0.2, 0.25) is 4.71 Å². The number of benzene rings is 3. The topological polar surface area (TPSA) is 63.6 Å². The second-order valence-corrected chi connectivity index (χ2v) is 10.6. The van der Waals surface area contributed by atoms with Crippen LogP contribution in [0.15, 0.2) is 77.3 Å². The Balaban J connectivity index is 1.43. The average Bonchev–Trinajstić information content (AvgIpc) is 3.07. The molecule has 3 aromatic rings. The molecule has 1 N–H and O–H groups in total. The molecule has 0 fully saturated rings. The summed E-state index contributed by atoms with van der Waals surface area (Å²) >= 11 is 2.23. The van der Waals surface area contributed by atoms with Gasteiger partial charge in [0.2, 0.25) is 0 Å². The van der Waals surface area contributed by atoms with E-state index < -0.39 is 31.2 Å². The first-order valence-corrected chi connectivity index (χ1v) is 12.4. The van der Waals surface area contributed by atoms with Gasteiger partial charge in [0, 0.05) is 0 Å². The van der Waals surface area contributed by atoms with Gasteiger partial charge in [-0.1, -0.05) is 0 Å². The van der Waals surface area contributed by atoms with E-state index in [1.54, 1.807) is 0 Å². The number of carboxylic acid groups (broad SMARTS) is 1. The van der Waals surface area contributed by atoms with Crippen LogP contribution in [0.5, 0.6) is 0 Å². The van der Waals surface area contributed by atoms with E-state index in [1.807, 2.05) is 48.5 Å². The fourth-order valence-corrected chi connectivity index (χ4v) is 5.77. The summed E-state index contributed by atoms with van der Waals surface area (Å²) in [5.41, 5.74) is 5.52. The van der Waals surface area contributed by atoms with E-state index in [9.17, 15) is 14.7 Å². The molecule has 0 aromatic heterocycles. The van der Waals surface area contributed by atoms with Crippen LogP contribution in [0, 0.1) is 0 Å². The third-order valence-electron chi connectivity index (χ3n) is 5.22. The van der Waals surface area contributed by atoms with Crippen LogP contribution in [0.25, 0.3) is 11.1 Å². The van der Waals surface area contributed by atoms with E-state index in [4.69, 9.17) is 4.74 Å². The Morgan fingerprint density at radius 1 is 0.933 bits per heavy atom. The second kappa shape index (κ2) is 9.20. The Kier molecular flexibility index (Phi) is 6.40. The quantitative estimate of drug-likeness (QED) is 0.412. The van der Waals surface area contributed by atoms with Gasteiger partial charge < -0.3 is 0 Å². The van der Waals surface area contributed by atoms with Gasteiger partial charge >= 0.3 is 191 Å². The molecule has 0 saturated heterocycles. The Labute approximate surface area is 190 Å². The summed E-state index contributed by atoms with van der Waals surface area (Å²) in [6.45, 7) is 0.229. The fourth-order valence-electron chi connectivity index (χ4n) is 3.79. The summed E-state index contributed by atoms with van der Waals surface area (Å²) in [7, 11) is 0. The number of hydrogen-bond acceptors (Lipinski definition) is 3. The van der Waals surface area contributed by atoms with Crippen LogP contribution in [-0.4, -0.2) is 38.2 Å². The standard InChI is InChI=1S/C24H19AsBrO4/c26-16-11-9-15(10-12-16)13-22(23(27)28)25-24(29)30-14-21-19-7-3-1-5-17(19)18-6-2-4-8-20(18)21/h1-12,21-22H,13-14H2,(H,27,28)/t22-/m0/s1. The normalized spacial score (nSPS) is 13.8. The van der Waals surface area contributed by atoms with E-state index in [2.05, 4.69) is 40.2 Å². The van der Waals surface area contributed by atoms with Gasteiger partial charge in [-0.05, 0) is 0 Å². The average molecular weight is 526 g/mol. The van der Waals surface area contributed by atoms with E-state index in [1.165, 1.54) is 11.1 Å². The minimum atomic E-state index is -1.14. The van der Waals surface area contributed by atoms with Crippen molar-refractivity contribution in [2.45, 2.75) is 17.0 Å². The zero-order valence-electron chi connectivity index (χ0n) is 16.0. The van der Waals surface area contributed by atoms with E-state index in [0.29, 0.717) is 6.42 Å². The van der Waals surface area contributed by atoms with E-state index >= 15 is 0 Å². The summed E-state index contributed by atoms with van der Waals surface area (Å²) in [5, 5.41) is 9.58. The monoisotopic (exact) mass is 525 g/mol. The Morgan fingerprint density at radius 3 is 2.07 bits per heavy atom. The molecule has 1 aliphatic carbocycles. The summed E-state index contributed by atoms with van der Waals surface area (Å²) in [4.78, 5) is 24.2. The summed E-state index contributed by atoms with van der Waals surface area (Å²) in [6, 6.07) is 23.8. The Morgan fingerprint density at radius 2 is 1.50 bits per heavy atom. The van der Waals surface area contributed by atoms with Gasteiger partial charge in [0.1, 0.15) is 0 Å². The predicted octanol–water partition coefficient (Wildman–Crippen LogP) is 5.52.